The predicted octanol–water partition coefficient (Wildman–Crippen LogP) is 4.72. The summed E-state index contributed by atoms with van der Waals surface area (Å²) in [6, 6.07) is 18.5. The first-order chi connectivity index (χ1) is 9.75. The summed E-state index contributed by atoms with van der Waals surface area (Å²) in [6.45, 7) is 5.99. The zero-order valence-electron chi connectivity index (χ0n) is 12.3. The van der Waals surface area contributed by atoms with E-state index in [9.17, 15) is 0 Å². The van der Waals surface area contributed by atoms with Crippen LogP contribution in [0.4, 0.5) is 5.69 Å². The van der Waals surface area contributed by atoms with Crippen LogP contribution in [-0.2, 0) is 6.54 Å². The number of rotatable bonds is 7. The predicted molar refractivity (Wildman–Crippen MR) is 85.2 cm³/mol. The molecule has 1 N–H and O–H groups in total. The lowest BCUT2D eigenvalue weighted by atomic mass is 10.1. The van der Waals surface area contributed by atoms with Gasteiger partial charge in [-0.25, -0.2) is 0 Å². The molecular formula is C18H23NO. The van der Waals surface area contributed by atoms with E-state index in [4.69, 9.17) is 4.74 Å². The minimum absolute atomic E-state index is 0.671. The molecule has 0 saturated heterocycles. The van der Waals surface area contributed by atoms with Gasteiger partial charge in [-0.15, -0.1) is 0 Å². The van der Waals surface area contributed by atoms with Gasteiger partial charge in [0.05, 0.1) is 6.61 Å². The van der Waals surface area contributed by atoms with Crippen molar-refractivity contribution < 1.29 is 4.74 Å². The third kappa shape index (κ3) is 4.61. The highest BCUT2D eigenvalue weighted by molar-refractivity contribution is 5.44. The maximum absolute atomic E-state index is 5.90. The molecule has 0 atom stereocenters. The fourth-order valence-electron chi connectivity index (χ4n) is 1.95. The zero-order chi connectivity index (χ0) is 14.2. The second-order valence-corrected chi connectivity index (χ2v) is 5.36. The topological polar surface area (TPSA) is 21.3 Å². The van der Waals surface area contributed by atoms with E-state index in [1.807, 2.05) is 30.3 Å². The van der Waals surface area contributed by atoms with Crippen LogP contribution in [0.1, 0.15) is 25.8 Å². The van der Waals surface area contributed by atoms with Gasteiger partial charge in [0.1, 0.15) is 5.75 Å². The maximum atomic E-state index is 5.90. The van der Waals surface area contributed by atoms with Gasteiger partial charge in [0, 0.05) is 17.8 Å². The van der Waals surface area contributed by atoms with E-state index in [1.54, 1.807) is 0 Å². The Hall–Kier alpha value is -1.96. The van der Waals surface area contributed by atoms with Gasteiger partial charge in [0.2, 0.25) is 0 Å². The lowest BCUT2D eigenvalue weighted by Crippen LogP contribution is -2.06. The van der Waals surface area contributed by atoms with Crippen LogP contribution in [0, 0.1) is 5.92 Å². The van der Waals surface area contributed by atoms with Crippen molar-refractivity contribution in [3.8, 4) is 5.75 Å². The van der Waals surface area contributed by atoms with Crippen molar-refractivity contribution in [2.75, 3.05) is 11.9 Å². The summed E-state index contributed by atoms with van der Waals surface area (Å²) in [6.07, 6.45) is 1.08. The number of nitrogens with one attached hydrogen (secondary N) is 1. The number of benzene rings is 2. The van der Waals surface area contributed by atoms with Gasteiger partial charge >= 0.3 is 0 Å². The normalized spacial score (nSPS) is 10.6. The van der Waals surface area contributed by atoms with Crippen LogP contribution < -0.4 is 10.1 Å². The molecule has 0 aliphatic heterocycles. The summed E-state index contributed by atoms with van der Waals surface area (Å²) in [5.41, 5.74) is 2.32. The molecule has 2 rings (SSSR count). The summed E-state index contributed by atoms with van der Waals surface area (Å²) in [5.74, 6) is 1.65. The Kier molecular flexibility index (Phi) is 5.48. The van der Waals surface area contributed by atoms with Crippen LogP contribution >= 0.6 is 0 Å². The van der Waals surface area contributed by atoms with Crippen LogP contribution in [0.25, 0.3) is 0 Å². The first-order valence-electron chi connectivity index (χ1n) is 7.25. The molecule has 0 aliphatic carbocycles. The van der Waals surface area contributed by atoms with Crippen LogP contribution in [0.15, 0.2) is 54.6 Å². The number of hydrogen-bond donors (Lipinski definition) is 1. The average Bonchev–Trinajstić information content (AvgIpc) is 2.47. The van der Waals surface area contributed by atoms with E-state index in [0.717, 1.165) is 31.0 Å². The molecule has 2 heteroatoms. The standard InChI is InChI=1S/C18H23NO/c1-15(2)12-13-20-18-11-7-6-8-16(18)14-19-17-9-4-3-5-10-17/h3-11,15,19H,12-14H2,1-2H3. The number of ether oxygens (including phenoxy) is 1. The highest BCUT2D eigenvalue weighted by Gasteiger charge is 2.03. The van der Waals surface area contributed by atoms with Crippen molar-refractivity contribution >= 4 is 5.69 Å². The number of hydrogen-bond acceptors (Lipinski definition) is 2. The zero-order valence-corrected chi connectivity index (χ0v) is 12.3. The number of anilines is 1. The molecular weight excluding hydrogens is 246 g/mol. The third-order valence-corrected chi connectivity index (χ3v) is 3.18. The molecule has 0 heterocycles. The van der Waals surface area contributed by atoms with E-state index in [-0.39, 0.29) is 0 Å². The van der Waals surface area contributed by atoms with Gasteiger partial charge in [-0.1, -0.05) is 50.2 Å². The van der Waals surface area contributed by atoms with Crippen LogP contribution in [0.3, 0.4) is 0 Å². The molecule has 0 fully saturated rings. The average molecular weight is 269 g/mol. The highest BCUT2D eigenvalue weighted by Crippen LogP contribution is 2.20. The largest absolute Gasteiger partial charge is 0.493 e. The minimum Gasteiger partial charge on any atom is -0.493 e. The van der Waals surface area contributed by atoms with Gasteiger partial charge < -0.3 is 10.1 Å². The Bertz CT molecular complexity index is 508. The Morgan fingerprint density at radius 3 is 2.40 bits per heavy atom. The smallest absolute Gasteiger partial charge is 0.124 e. The molecule has 0 spiro atoms. The van der Waals surface area contributed by atoms with Gasteiger partial charge in [0.15, 0.2) is 0 Å². The van der Waals surface area contributed by atoms with E-state index in [1.165, 1.54) is 5.56 Å². The lowest BCUT2D eigenvalue weighted by molar-refractivity contribution is 0.287. The van der Waals surface area contributed by atoms with Crippen molar-refractivity contribution in [1.29, 1.82) is 0 Å². The Balaban J connectivity index is 1.93. The van der Waals surface area contributed by atoms with Crippen molar-refractivity contribution in [1.82, 2.24) is 0 Å². The molecule has 0 aliphatic rings. The summed E-state index contributed by atoms with van der Waals surface area (Å²) in [7, 11) is 0. The summed E-state index contributed by atoms with van der Waals surface area (Å²) in [5, 5.41) is 3.42. The van der Waals surface area contributed by atoms with E-state index >= 15 is 0 Å². The Labute approximate surface area is 121 Å². The monoisotopic (exact) mass is 269 g/mol. The lowest BCUT2D eigenvalue weighted by Gasteiger charge is -2.13. The fourth-order valence-corrected chi connectivity index (χ4v) is 1.95. The molecule has 20 heavy (non-hydrogen) atoms. The SMILES string of the molecule is CC(C)CCOc1ccccc1CNc1ccccc1. The first kappa shape index (κ1) is 14.4. The van der Waals surface area contributed by atoms with Gasteiger partial charge in [-0.3, -0.25) is 0 Å². The highest BCUT2D eigenvalue weighted by atomic mass is 16.5. The molecule has 0 saturated carbocycles. The van der Waals surface area contributed by atoms with E-state index in [0.29, 0.717) is 5.92 Å². The molecule has 0 amide bonds. The van der Waals surface area contributed by atoms with Crippen molar-refractivity contribution in [3.63, 3.8) is 0 Å². The van der Waals surface area contributed by atoms with Gasteiger partial charge in [-0.05, 0) is 30.5 Å². The van der Waals surface area contributed by atoms with E-state index < -0.39 is 0 Å². The second kappa shape index (κ2) is 7.59. The molecule has 0 radical (unpaired) electrons. The summed E-state index contributed by atoms with van der Waals surface area (Å²) >= 11 is 0. The first-order valence-corrected chi connectivity index (χ1v) is 7.25. The Morgan fingerprint density at radius 2 is 1.65 bits per heavy atom. The van der Waals surface area contributed by atoms with Crippen LogP contribution in [0.5, 0.6) is 5.75 Å². The van der Waals surface area contributed by atoms with Gasteiger partial charge in [-0.2, -0.15) is 0 Å². The fraction of sp³-hybridized carbons (Fsp3) is 0.333. The maximum Gasteiger partial charge on any atom is 0.124 e. The molecule has 2 aromatic carbocycles. The molecule has 0 bridgehead atoms. The van der Waals surface area contributed by atoms with Crippen molar-refractivity contribution in [3.05, 3.63) is 60.2 Å². The quantitative estimate of drug-likeness (QED) is 0.785. The van der Waals surface area contributed by atoms with Crippen molar-refractivity contribution in [2.24, 2.45) is 5.92 Å². The molecule has 0 unspecified atom stereocenters. The minimum atomic E-state index is 0.671. The third-order valence-electron chi connectivity index (χ3n) is 3.18. The molecule has 2 nitrogen and oxygen atoms in total. The van der Waals surface area contributed by atoms with Gasteiger partial charge in [0.25, 0.3) is 0 Å². The van der Waals surface area contributed by atoms with E-state index in [2.05, 4.69) is 43.4 Å². The Morgan fingerprint density at radius 1 is 0.950 bits per heavy atom. The van der Waals surface area contributed by atoms with Crippen molar-refractivity contribution in [2.45, 2.75) is 26.8 Å². The molecule has 106 valence electrons. The molecule has 2 aromatic rings. The van der Waals surface area contributed by atoms with Crippen LogP contribution in [-0.4, -0.2) is 6.61 Å². The molecule has 0 aromatic heterocycles. The number of para-hydroxylation sites is 2. The second-order valence-electron chi connectivity index (χ2n) is 5.36. The summed E-state index contributed by atoms with van der Waals surface area (Å²) < 4.78 is 5.90. The van der Waals surface area contributed by atoms with Crippen LogP contribution in [0.2, 0.25) is 0 Å². The summed E-state index contributed by atoms with van der Waals surface area (Å²) in [4.78, 5) is 0.